The van der Waals surface area contributed by atoms with Gasteiger partial charge in [0.25, 0.3) is 0 Å². The second-order valence-electron chi connectivity index (χ2n) is 5.38. The van der Waals surface area contributed by atoms with E-state index in [9.17, 15) is 0 Å². The summed E-state index contributed by atoms with van der Waals surface area (Å²) in [5, 5.41) is 9.00. The van der Waals surface area contributed by atoms with Crippen molar-refractivity contribution in [3.8, 4) is 0 Å². The standard InChI is InChI=1S/C15H24N2O/c1-12-4-5-15(13(2)10-12)17-7-6-14(11-17)16(3)8-9-18/h4-5,10,14,18H,6-9,11H2,1-3H3. The van der Waals surface area contributed by atoms with Crippen LogP contribution in [0.25, 0.3) is 0 Å². The molecule has 1 atom stereocenters. The fourth-order valence-electron chi connectivity index (χ4n) is 2.82. The Morgan fingerprint density at radius 3 is 2.83 bits per heavy atom. The minimum Gasteiger partial charge on any atom is -0.395 e. The lowest BCUT2D eigenvalue weighted by molar-refractivity contribution is 0.188. The van der Waals surface area contributed by atoms with Crippen LogP contribution in [0.1, 0.15) is 17.5 Å². The highest BCUT2D eigenvalue weighted by Crippen LogP contribution is 2.26. The molecule has 0 spiro atoms. The summed E-state index contributed by atoms with van der Waals surface area (Å²) in [6.07, 6.45) is 1.18. The third-order valence-electron chi connectivity index (χ3n) is 3.93. The van der Waals surface area contributed by atoms with Crippen molar-refractivity contribution in [2.45, 2.75) is 26.3 Å². The molecular weight excluding hydrogens is 224 g/mol. The summed E-state index contributed by atoms with van der Waals surface area (Å²) in [5.74, 6) is 0. The minimum absolute atomic E-state index is 0.247. The Labute approximate surface area is 110 Å². The van der Waals surface area contributed by atoms with Gasteiger partial charge in [-0.3, -0.25) is 4.90 Å². The smallest absolute Gasteiger partial charge is 0.0558 e. The SMILES string of the molecule is Cc1ccc(N2CCC(N(C)CCO)C2)c(C)c1. The molecule has 1 saturated heterocycles. The lowest BCUT2D eigenvalue weighted by Crippen LogP contribution is -2.36. The summed E-state index contributed by atoms with van der Waals surface area (Å²) in [4.78, 5) is 4.73. The molecule has 0 bridgehead atoms. The number of aryl methyl sites for hydroxylation is 2. The van der Waals surface area contributed by atoms with E-state index in [-0.39, 0.29) is 6.61 Å². The monoisotopic (exact) mass is 248 g/mol. The largest absolute Gasteiger partial charge is 0.395 e. The van der Waals surface area contributed by atoms with Crippen molar-refractivity contribution in [1.29, 1.82) is 0 Å². The second kappa shape index (κ2) is 5.72. The molecule has 2 rings (SSSR count). The van der Waals surface area contributed by atoms with Crippen LogP contribution in [0.3, 0.4) is 0 Å². The number of hydrogen-bond acceptors (Lipinski definition) is 3. The van der Waals surface area contributed by atoms with Crippen LogP contribution >= 0.6 is 0 Å². The van der Waals surface area contributed by atoms with Crippen molar-refractivity contribution in [1.82, 2.24) is 4.90 Å². The number of hydrogen-bond donors (Lipinski definition) is 1. The second-order valence-corrected chi connectivity index (χ2v) is 5.38. The lowest BCUT2D eigenvalue weighted by atomic mass is 10.1. The van der Waals surface area contributed by atoms with Gasteiger partial charge in [-0.05, 0) is 38.9 Å². The Bertz CT molecular complexity index is 405. The van der Waals surface area contributed by atoms with Gasteiger partial charge in [0.15, 0.2) is 0 Å². The first-order valence-electron chi connectivity index (χ1n) is 6.75. The number of aliphatic hydroxyl groups is 1. The molecule has 1 heterocycles. The third-order valence-corrected chi connectivity index (χ3v) is 3.93. The Hall–Kier alpha value is -1.06. The van der Waals surface area contributed by atoms with Crippen LogP contribution in [-0.4, -0.2) is 49.3 Å². The predicted octanol–water partition coefficient (Wildman–Crippen LogP) is 1.81. The Morgan fingerprint density at radius 2 is 2.17 bits per heavy atom. The molecule has 0 radical (unpaired) electrons. The third kappa shape index (κ3) is 2.85. The summed E-state index contributed by atoms with van der Waals surface area (Å²) < 4.78 is 0. The van der Waals surface area contributed by atoms with Crippen molar-refractivity contribution in [2.24, 2.45) is 0 Å². The van der Waals surface area contributed by atoms with Crippen molar-refractivity contribution >= 4 is 5.69 Å². The van der Waals surface area contributed by atoms with E-state index in [0.29, 0.717) is 6.04 Å². The average Bonchev–Trinajstić information content (AvgIpc) is 2.78. The van der Waals surface area contributed by atoms with Crippen molar-refractivity contribution < 1.29 is 5.11 Å². The van der Waals surface area contributed by atoms with E-state index in [1.807, 2.05) is 0 Å². The molecule has 0 amide bonds. The van der Waals surface area contributed by atoms with E-state index in [0.717, 1.165) is 19.6 Å². The Morgan fingerprint density at radius 1 is 1.39 bits per heavy atom. The average molecular weight is 248 g/mol. The summed E-state index contributed by atoms with van der Waals surface area (Å²) in [5.41, 5.74) is 4.05. The molecule has 1 N–H and O–H groups in total. The van der Waals surface area contributed by atoms with Gasteiger partial charge < -0.3 is 10.0 Å². The molecule has 100 valence electrons. The maximum Gasteiger partial charge on any atom is 0.0558 e. The number of aliphatic hydroxyl groups excluding tert-OH is 1. The molecule has 0 aliphatic carbocycles. The number of rotatable bonds is 4. The van der Waals surface area contributed by atoms with Gasteiger partial charge in [0.2, 0.25) is 0 Å². The van der Waals surface area contributed by atoms with Gasteiger partial charge in [-0.1, -0.05) is 17.7 Å². The molecule has 0 saturated carbocycles. The van der Waals surface area contributed by atoms with Crippen LogP contribution < -0.4 is 4.90 Å². The lowest BCUT2D eigenvalue weighted by Gasteiger charge is -2.25. The zero-order valence-corrected chi connectivity index (χ0v) is 11.7. The summed E-state index contributed by atoms with van der Waals surface area (Å²) >= 11 is 0. The number of nitrogens with zero attached hydrogens (tertiary/aromatic N) is 2. The minimum atomic E-state index is 0.247. The van der Waals surface area contributed by atoms with Crippen LogP contribution in [0.5, 0.6) is 0 Å². The highest BCUT2D eigenvalue weighted by molar-refractivity contribution is 5.55. The zero-order valence-electron chi connectivity index (χ0n) is 11.7. The molecule has 0 aromatic heterocycles. The first-order chi connectivity index (χ1) is 8.61. The normalized spacial score (nSPS) is 19.8. The van der Waals surface area contributed by atoms with Gasteiger partial charge in [-0.2, -0.15) is 0 Å². The zero-order chi connectivity index (χ0) is 13.1. The van der Waals surface area contributed by atoms with E-state index in [1.54, 1.807) is 0 Å². The molecule has 18 heavy (non-hydrogen) atoms. The van der Waals surface area contributed by atoms with Crippen molar-refractivity contribution in [2.75, 3.05) is 38.2 Å². The molecule has 1 aromatic rings. The molecule has 3 heteroatoms. The molecule has 1 aromatic carbocycles. The first-order valence-corrected chi connectivity index (χ1v) is 6.75. The van der Waals surface area contributed by atoms with Crippen LogP contribution in [0.15, 0.2) is 18.2 Å². The molecular formula is C15H24N2O. The Balaban J connectivity index is 2.04. The quantitative estimate of drug-likeness (QED) is 0.880. The van der Waals surface area contributed by atoms with Crippen LogP contribution in [0.4, 0.5) is 5.69 Å². The van der Waals surface area contributed by atoms with Gasteiger partial charge >= 0.3 is 0 Å². The topological polar surface area (TPSA) is 26.7 Å². The number of benzene rings is 1. The van der Waals surface area contributed by atoms with Gasteiger partial charge in [-0.25, -0.2) is 0 Å². The van der Waals surface area contributed by atoms with E-state index < -0.39 is 0 Å². The molecule has 1 aliphatic heterocycles. The van der Waals surface area contributed by atoms with Gasteiger partial charge in [0.1, 0.15) is 0 Å². The van der Waals surface area contributed by atoms with Gasteiger partial charge in [-0.15, -0.1) is 0 Å². The maximum atomic E-state index is 9.00. The maximum absolute atomic E-state index is 9.00. The van der Waals surface area contributed by atoms with E-state index >= 15 is 0 Å². The van der Waals surface area contributed by atoms with E-state index in [4.69, 9.17) is 5.11 Å². The fourth-order valence-corrected chi connectivity index (χ4v) is 2.82. The van der Waals surface area contributed by atoms with Crippen LogP contribution in [0, 0.1) is 13.8 Å². The number of anilines is 1. The predicted molar refractivity (Wildman–Crippen MR) is 76.2 cm³/mol. The van der Waals surface area contributed by atoms with Crippen LogP contribution in [-0.2, 0) is 0 Å². The highest BCUT2D eigenvalue weighted by Gasteiger charge is 2.26. The summed E-state index contributed by atoms with van der Waals surface area (Å²) in [7, 11) is 2.10. The number of likely N-dealkylation sites (N-methyl/N-ethyl adjacent to an activating group) is 1. The van der Waals surface area contributed by atoms with Crippen LogP contribution in [0.2, 0.25) is 0 Å². The first kappa shape index (κ1) is 13.4. The fraction of sp³-hybridized carbons (Fsp3) is 0.600. The molecule has 3 nitrogen and oxygen atoms in total. The van der Waals surface area contributed by atoms with E-state index in [2.05, 4.69) is 48.9 Å². The van der Waals surface area contributed by atoms with Gasteiger partial charge in [0.05, 0.1) is 6.61 Å². The van der Waals surface area contributed by atoms with Crippen molar-refractivity contribution in [3.63, 3.8) is 0 Å². The summed E-state index contributed by atoms with van der Waals surface area (Å²) in [6.45, 7) is 7.53. The highest BCUT2D eigenvalue weighted by atomic mass is 16.3. The molecule has 1 fully saturated rings. The van der Waals surface area contributed by atoms with Gasteiger partial charge in [0, 0.05) is 31.4 Å². The van der Waals surface area contributed by atoms with Crippen molar-refractivity contribution in [3.05, 3.63) is 29.3 Å². The molecule has 1 unspecified atom stereocenters. The van der Waals surface area contributed by atoms with E-state index in [1.165, 1.54) is 23.2 Å². The molecule has 1 aliphatic rings. The summed E-state index contributed by atoms with van der Waals surface area (Å²) in [6, 6.07) is 7.24. The Kier molecular flexibility index (Phi) is 4.25.